The third-order valence-electron chi connectivity index (χ3n) is 3.33. The van der Waals surface area contributed by atoms with Gasteiger partial charge in [0.1, 0.15) is 0 Å². The minimum Gasteiger partial charge on any atom is -0.313 e. The van der Waals surface area contributed by atoms with Crippen LogP contribution in [-0.4, -0.2) is 35.5 Å². The van der Waals surface area contributed by atoms with Crippen LogP contribution in [0.5, 0.6) is 0 Å². The number of rotatable bonds is 5. The summed E-state index contributed by atoms with van der Waals surface area (Å²) in [4.78, 5) is 2.57. The molecule has 3 heteroatoms. The van der Waals surface area contributed by atoms with Crippen LogP contribution < -0.4 is 5.32 Å². The number of thioether (sulfide) groups is 1. The van der Waals surface area contributed by atoms with E-state index in [2.05, 4.69) is 60.1 Å². The summed E-state index contributed by atoms with van der Waals surface area (Å²) < 4.78 is 0. The molecule has 1 heterocycles. The van der Waals surface area contributed by atoms with Crippen LogP contribution in [0.3, 0.4) is 0 Å². The molecule has 1 atom stereocenters. The summed E-state index contributed by atoms with van der Waals surface area (Å²) in [6, 6.07) is 9.05. The second-order valence-electron chi connectivity index (χ2n) is 5.01. The fourth-order valence-corrected chi connectivity index (χ4v) is 3.41. The van der Waals surface area contributed by atoms with Gasteiger partial charge in [-0.2, -0.15) is 11.8 Å². The zero-order valence-corrected chi connectivity index (χ0v) is 12.3. The summed E-state index contributed by atoms with van der Waals surface area (Å²) in [5.41, 5.74) is 2.82. The number of nitrogens with one attached hydrogen (secondary N) is 1. The van der Waals surface area contributed by atoms with Crippen LogP contribution in [0, 0.1) is 0 Å². The SMILES string of the molecule is CCNCc1ccc(CN2CCSC(C)C2)cc1. The summed E-state index contributed by atoms with van der Waals surface area (Å²) in [7, 11) is 0. The maximum absolute atomic E-state index is 3.36. The quantitative estimate of drug-likeness (QED) is 0.880. The summed E-state index contributed by atoms with van der Waals surface area (Å²) in [6.07, 6.45) is 0. The Morgan fingerprint density at radius 3 is 2.67 bits per heavy atom. The van der Waals surface area contributed by atoms with Crippen LogP contribution in [-0.2, 0) is 13.1 Å². The van der Waals surface area contributed by atoms with E-state index >= 15 is 0 Å². The van der Waals surface area contributed by atoms with Gasteiger partial charge in [-0.05, 0) is 17.7 Å². The first kappa shape index (κ1) is 13.9. The minimum absolute atomic E-state index is 0.784. The Morgan fingerprint density at radius 2 is 2.00 bits per heavy atom. The zero-order chi connectivity index (χ0) is 12.8. The molecular formula is C15H24N2S. The zero-order valence-electron chi connectivity index (χ0n) is 11.5. The summed E-state index contributed by atoms with van der Waals surface area (Å²) in [5.74, 6) is 1.28. The molecule has 0 radical (unpaired) electrons. The highest BCUT2D eigenvalue weighted by atomic mass is 32.2. The lowest BCUT2D eigenvalue weighted by Gasteiger charge is -2.30. The van der Waals surface area contributed by atoms with E-state index in [-0.39, 0.29) is 0 Å². The summed E-state index contributed by atoms with van der Waals surface area (Å²) >= 11 is 2.09. The van der Waals surface area contributed by atoms with Crippen molar-refractivity contribution in [2.45, 2.75) is 32.2 Å². The highest BCUT2D eigenvalue weighted by Gasteiger charge is 2.16. The van der Waals surface area contributed by atoms with Gasteiger partial charge in [0.15, 0.2) is 0 Å². The molecule has 2 nitrogen and oxygen atoms in total. The molecule has 0 aliphatic carbocycles. The summed E-state index contributed by atoms with van der Waals surface area (Å²) in [6.45, 7) is 10.0. The van der Waals surface area contributed by atoms with Gasteiger partial charge in [-0.15, -0.1) is 0 Å². The Labute approximate surface area is 115 Å². The van der Waals surface area contributed by atoms with Gasteiger partial charge in [-0.1, -0.05) is 38.1 Å². The van der Waals surface area contributed by atoms with Crippen molar-refractivity contribution in [3.63, 3.8) is 0 Å². The van der Waals surface area contributed by atoms with Gasteiger partial charge in [0.05, 0.1) is 0 Å². The molecule has 1 fully saturated rings. The highest BCUT2D eigenvalue weighted by Crippen LogP contribution is 2.19. The van der Waals surface area contributed by atoms with Gasteiger partial charge in [0, 0.05) is 37.2 Å². The normalized spacial score (nSPS) is 21.1. The predicted molar refractivity (Wildman–Crippen MR) is 81.0 cm³/mol. The molecule has 0 aromatic heterocycles. The Hall–Kier alpha value is -0.510. The Kier molecular flexibility index (Phi) is 5.54. The Morgan fingerprint density at radius 1 is 1.28 bits per heavy atom. The first-order valence-electron chi connectivity index (χ1n) is 6.90. The van der Waals surface area contributed by atoms with E-state index in [9.17, 15) is 0 Å². The molecule has 1 N–H and O–H groups in total. The molecule has 1 aliphatic heterocycles. The van der Waals surface area contributed by atoms with E-state index in [0.717, 1.165) is 24.9 Å². The average molecular weight is 264 g/mol. The third kappa shape index (κ3) is 4.30. The molecule has 100 valence electrons. The molecule has 18 heavy (non-hydrogen) atoms. The molecule has 0 spiro atoms. The third-order valence-corrected chi connectivity index (χ3v) is 4.47. The van der Waals surface area contributed by atoms with Crippen molar-refractivity contribution in [3.05, 3.63) is 35.4 Å². The van der Waals surface area contributed by atoms with Gasteiger partial charge < -0.3 is 5.32 Å². The fraction of sp³-hybridized carbons (Fsp3) is 0.600. The monoisotopic (exact) mass is 264 g/mol. The van der Waals surface area contributed by atoms with Crippen molar-refractivity contribution in [1.29, 1.82) is 0 Å². The maximum Gasteiger partial charge on any atom is 0.0234 e. The molecule has 1 saturated heterocycles. The van der Waals surface area contributed by atoms with E-state index in [1.54, 1.807) is 0 Å². The van der Waals surface area contributed by atoms with E-state index in [1.807, 2.05) is 0 Å². The largest absolute Gasteiger partial charge is 0.313 e. The number of benzene rings is 1. The molecule has 2 rings (SSSR count). The molecule has 0 saturated carbocycles. The highest BCUT2D eigenvalue weighted by molar-refractivity contribution is 7.99. The maximum atomic E-state index is 3.36. The minimum atomic E-state index is 0.784. The lowest BCUT2D eigenvalue weighted by atomic mass is 10.1. The first-order chi connectivity index (χ1) is 8.78. The van der Waals surface area contributed by atoms with E-state index in [1.165, 1.54) is 30.0 Å². The van der Waals surface area contributed by atoms with Crippen molar-refractivity contribution in [2.75, 3.05) is 25.4 Å². The molecule has 1 aliphatic rings. The van der Waals surface area contributed by atoms with Gasteiger partial charge >= 0.3 is 0 Å². The standard InChI is InChI=1S/C15H24N2S/c1-3-16-10-14-4-6-15(7-5-14)12-17-8-9-18-13(2)11-17/h4-7,13,16H,3,8-12H2,1-2H3. The van der Waals surface area contributed by atoms with E-state index in [4.69, 9.17) is 0 Å². The van der Waals surface area contributed by atoms with Crippen molar-refractivity contribution < 1.29 is 0 Å². The lowest BCUT2D eigenvalue weighted by Crippen LogP contribution is -2.35. The second kappa shape index (κ2) is 7.17. The van der Waals surface area contributed by atoms with E-state index < -0.39 is 0 Å². The molecule has 1 unspecified atom stereocenters. The van der Waals surface area contributed by atoms with Crippen molar-refractivity contribution >= 4 is 11.8 Å². The van der Waals surface area contributed by atoms with Gasteiger partial charge in [-0.3, -0.25) is 4.90 Å². The van der Waals surface area contributed by atoms with Crippen LogP contribution in [0.15, 0.2) is 24.3 Å². The van der Waals surface area contributed by atoms with Crippen LogP contribution in [0.4, 0.5) is 0 Å². The predicted octanol–water partition coefficient (Wildman–Crippen LogP) is 2.73. The van der Waals surface area contributed by atoms with Gasteiger partial charge in [0.2, 0.25) is 0 Å². The molecule has 0 bridgehead atoms. The molecule has 1 aromatic carbocycles. The average Bonchev–Trinajstić information content (AvgIpc) is 2.38. The molecule has 0 amide bonds. The smallest absolute Gasteiger partial charge is 0.0234 e. The van der Waals surface area contributed by atoms with Gasteiger partial charge in [-0.25, -0.2) is 0 Å². The Balaban J connectivity index is 1.85. The summed E-state index contributed by atoms with van der Waals surface area (Å²) in [5, 5.41) is 4.14. The fourth-order valence-electron chi connectivity index (χ4n) is 2.32. The van der Waals surface area contributed by atoms with Crippen molar-refractivity contribution in [3.8, 4) is 0 Å². The Bertz CT molecular complexity index is 350. The van der Waals surface area contributed by atoms with Crippen LogP contribution in [0.2, 0.25) is 0 Å². The van der Waals surface area contributed by atoms with E-state index in [0.29, 0.717) is 0 Å². The number of hydrogen-bond donors (Lipinski definition) is 1. The van der Waals surface area contributed by atoms with Gasteiger partial charge in [0.25, 0.3) is 0 Å². The van der Waals surface area contributed by atoms with Crippen molar-refractivity contribution in [2.24, 2.45) is 0 Å². The topological polar surface area (TPSA) is 15.3 Å². The molecule has 1 aromatic rings. The van der Waals surface area contributed by atoms with Crippen LogP contribution in [0.25, 0.3) is 0 Å². The number of nitrogens with zero attached hydrogens (tertiary/aromatic N) is 1. The van der Waals surface area contributed by atoms with Crippen LogP contribution in [0.1, 0.15) is 25.0 Å². The number of hydrogen-bond acceptors (Lipinski definition) is 3. The van der Waals surface area contributed by atoms with Crippen molar-refractivity contribution in [1.82, 2.24) is 10.2 Å². The molecular weight excluding hydrogens is 240 g/mol. The second-order valence-corrected chi connectivity index (χ2v) is 6.56. The first-order valence-corrected chi connectivity index (χ1v) is 7.95. The lowest BCUT2D eigenvalue weighted by molar-refractivity contribution is 0.278. The van der Waals surface area contributed by atoms with Crippen LogP contribution >= 0.6 is 11.8 Å².